The highest BCUT2D eigenvalue weighted by Crippen LogP contribution is 2.68. The van der Waals surface area contributed by atoms with Gasteiger partial charge in [0.15, 0.2) is 0 Å². The summed E-state index contributed by atoms with van der Waals surface area (Å²) in [7, 11) is 0. The van der Waals surface area contributed by atoms with Gasteiger partial charge in [0, 0.05) is 6.42 Å². The number of aliphatic hydroxyl groups is 1. The molecule has 166 valence electrons. The van der Waals surface area contributed by atoms with Gasteiger partial charge in [-0.15, -0.1) is 0 Å². The molecule has 4 N–H and O–H groups in total. The van der Waals surface area contributed by atoms with Gasteiger partial charge in [-0.1, -0.05) is 20.8 Å². The lowest BCUT2D eigenvalue weighted by atomic mass is 9.43. The molecule has 0 aromatic rings. The minimum Gasteiger partial charge on any atom is -0.481 e. The van der Waals surface area contributed by atoms with Gasteiger partial charge in [0.2, 0.25) is 0 Å². The fraction of sp³-hybridized carbons (Fsp3) is 0.958. The van der Waals surface area contributed by atoms with Gasteiger partial charge in [0.25, 0.3) is 0 Å². The molecule has 0 unspecified atom stereocenters. The van der Waals surface area contributed by atoms with E-state index in [1.807, 2.05) is 0 Å². The molecule has 29 heavy (non-hydrogen) atoms. The molecular formula is C24H41NO4. The van der Waals surface area contributed by atoms with Crippen molar-refractivity contribution in [2.75, 3.05) is 0 Å². The predicted octanol–water partition coefficient (Wildman–Crippen LogP) is 4.38. The topological polar surface area (TPSA) is 92.8 Å². The van der Waals surface area contributed by atoms with Crippen LogP contribution in [-0.2, 0) is 9.63 Å². The summed E-state index contributed by atoms with van der Waals surface area (Å²) in [6, 6.07) is 0. The lowest BCUT2D eigenvalue weighted by Crippen LogP contribution is -2.59. The van der Waals surface area contributed by atoms with Crippen LogP contribution in [0.1, 0.15) is 85.0 Å². The first-order valence-corrected chi connectivity index (χ1v) is 12.0. The van der Waals surface area contributed by atoms with E-state index in [2.05, 4.69) is 20.8 Å². The fourth-order valence-electron chi connectivity index (χ4n) is 8.84. The van der Waals surface area contributed by atoms with Crippen LogP contribution in [0.4, 0.5) is 0 Å². The first-order valence-electron chi connectivity index (χ1n) is 12.0. The maximum absolute atomic E-state index is 11.1. The predicted molar refractivity (Wildman–Crippen MR) is 112 cm³/mol. The maximum atomic E-state index is 11.1. The zero-order valence-electron chi connectivity index (χ0n) is 18.5. The quantitative estimate of drug-likeness (QED) is 0.588. The number of carboxylic acids is 1. The van der Waals surface area contributed by atoms with Crippen molar-refractivity contribution in [2.45, 2.75) is 97.2 Å². The van der Waals surface area contributed by atoms with E-state index < -0.39 is 5.97 Å². The third-order valence-corrected chi connectivity index (χ3v) is 10.4. The van der Waals surface area contributed by atoms with Crippen LogP contribution < -0.4 is 5.90 Å². The number of aliphatic carboxylic acids is 1. The van der Waals surface area contributed by atoms with Crippen LogP contribution in [-0.4, -0.2) is 28.4 Å². The number of rotatable bonds is 5. The Morgan fingerprint density at radius 3 is 2.48 bits per heavy atom. The molecule has 4 saturated carbocycles. The van der Waals surface area contributed by atoms with E-state index in [0.717, 1.165) is 32.1 Å². The van der Waals surface area contributed by atoms with Crippen LogP contribution in [0.3, 0.4) is 0 Å². The second-order valence-corrected chi connectivity index (χ2v) is 11.5. The zero-order chi connectivity index (χ0) is 21.0. The summed E-state index contributed by atoms with van der Waals surface area (Å²) >= 11 is 0. The van der Waals surface area contributed by atoms with Crippen molar-refractivity contribution in [3.63, 3.8) is 0 Å². The highest BCUT2D eigenvalue weighted by atomic mass is 16.6. The van der Waals surface area contributed by atoms with E-state index in [-0.39, 0.29) is 24.0 Å². The van der Waals surface area contributed by atoms with Gasteiger partial charge in [0.1, 0.15) is 0 Å². The van der Waals surface area contributed by atoms with Crippen LogP contribution in [0.2, 0.25) is 0 Å². The molecule has 10 atom stereocenters. The molecular weight excluding hydrogens is 366 g/mol. The fourth-order valence-corrected chi connectivity index (χ4v) is 8.84. The molecule has 4 fully saturated rings. The van der Waals surface area contributed by atoms with Crippen molar-refractivity contribution in [2.24, 2.45) is 52.2 Å². The Hall–Kier alpha value is -0.650. The van der Waals surface area contributed by atoms with E-state index in [4.69, 9.17) is 15.8 Å². The number of fused-ring (bicyclic) bond motifs is 5. The molecule has 0 bridgehead atoms. The van der Waals surface area contributed by atoms with Crippen LogP contribution in [0.5, 0.6) is 0 Å². The van der Waals surface area contributed by atoms with Crippen molar-refractivity contribution in [1.82, 2.24) is 0 Å². The van der Waals surface area contributed by atoms with Gasteiger partial charge in [0.05, 0.1) is 12.2 Å². The number of hydrogen-bond acceptors (Lipinski definition) is 4. The minimum absolute atomic E-state index is 0.0982. The molecule has 0 radical (unpaired) electrons. The summed E-state index contributed by atoms with van der Waals surface area (Å²) in [5.41, 5.74) is 0.570. The Labute approximate surface area is 175 Å². The third kappa shape index (κ3) is 3.45. The normalized spacial score (nSPS) is 50.3. The van der Waals surface area contributed by atoms with Gasteiger partial charge in [-0.05, 0) is 104 Å². The van der Waals surface area contributed by atoms with Crippen LogP contribution in [0.15, 0.2) is 0 Å². The number of aliphatic hydroxyl groups excluding tert-OH is 1. The van der Waals surface area contributed by atoms with Gasteiger partial charge in [-0.25, -0.2) is 5.90 Å². The number of carbonyl (C=O) groups is 1. The second-order valence-electron chi connectivity index (χ2n) is 11.5. The molecule has 0 heterocycles. The smallest absolute Gasteiger partial charge is 0.303 e. The second kappa shape index (κ2) is 7.80. The van der Waals surface area contributed by atoms with Gasteiger partial charge < -0.3 is 15.1 Å². The van der Waals surface area contributed by atoms with E-state index in [1.165, 1.54) is 25.7 Å². The molecule has 0 spiro atoms. The van der Waals surface area contributed by atoms with Crippen molar-refractivity contribution >= 4 is 5.97 Å². The minimum atomic E-state index is -0.678. The Kier molecular flexibility index (Phi) is 5.80. The van der Waals surface area contributed by atoms with E-state index >= 15 is 0 Å². The van der Waals surface area contributed by atoms with Crippen molar-refractivity contribution in [3.05, 3.63) is 0 Å². The Bertz CT molecular complexity index is 626. The summed E-state index contributed by atoms with van der Waals surface area (Å²) < 4.78 is 0. The largest absolute Gasteiger partial charge is 0.481 e. The summed E-state index contributed by atoms with van der Waals surface area (Å²) in [4.78, 5) is 16.8. The summed E-state index contributed by atoms with van der Waals surface area (Å²) in [6.45, 7) is 7.24. The molecule has 4 aliphatic carbocycles. The standard InChI is InChI=1S/C24H41NO4/c1-14(4-7-21(27)28)17-5-6-18-22-19(9-11-24(17,18)3)23(2)10-8-16(26)12-15(23)13-20(22)29-25/h14-20,22,26H,4-13,25H2,1-3H3,(H,27,28)/t14-,15+,16-,17-,18+,19+,20-,22+,23+,24-/m1/s1. The summed E-state index contributed by atoms with van der Waals surface area (Å²) in [5.74, 6) is 8.53. The monoisotopic (exact) mass is 407 g/mol. The highest BCUT2D eigenvalue weighted by Gasteiger charge is 2.63. The SMILES string of the molecule is C[C@H](CCC(=O)O)[C@H]1CC[C@H]2[C@@H]3[C@H](ON)C[C@@H]4C[C@H](O)CC[C@]4(C)[C@H]3CC[C@]12C. The number of nitrogens with two attached hydrogens (primary N) is 1. The van der Waals surface area contributed by atoms with Crippen molar-refractivity contribution in [3.8, 4) is 0 Å². The molecule has 4 rings (SSSR count). The maximum Gasteiger partial charge on any atom is 0.303 e. The third-order valence-electron chi connectivity index (χ3n) is 10.4. The molecule has 5 nitrogen and oxygen atoms in total. The zero-order valence-corrected chi connectivity index (χ0v) is 18.5. The number of hydrogen-bond donors (Lipinski definition) is 3. The van der Waals surface area contributed by atoms with Crippen LogP contribution in [0.25, 0.3) is 0 Å². The summed E-state index contributed by atoms with van der Waals surface area (Å²) in [6.07, 6.45) is 9.83. The molecule has 0 amide bonds. The highest BCUT2D eigenvalue weighted by molar-refractivity contribution is 5.66. The first-order chi connectivity index (χ1) is 13.7. The summed E-state index contributed by atoms with van der Waals surface area (Å²) in [5, 5.41) is 19.4. The van der Waals surface area contributed by atoms with Crippen molar-refractivity contribution in [1.29, 1.82) is 0 Å². The Morgan fingerprint density at radius 2 is 1.79 bits per heavy atom. The molecule has 4 aliphatic rings. The average Bonchev–Trinajstić information content (AvgIpc) is 3.03. The average molecular weight is 408 g/mol. The number of carboxylic acid groups (broad SMARTS) is 1. The first kappa shape index (κ1) is 21.6. The van der Waals surface area contributed by atoms with E-state index in [9.17, 15) is 9.90 Å². The van der Waals surface area contributed by atoms with Crippen LogP contribution in [0, 0.1) is 46.3 Å². The lowest BCUT2D eigenvalue weighted by molar-refractivity contribution is -0.189. The lowest BCUT2D eigenvalue weighted by Gasteiger charge is -2.62. The Balaban J connectivity index is 1.58. The molecule has 0 aromatic carbocycles. The molecule has 0 aliphatic heterocycles. The van der Waals surface area contributed by atoms with E-state index in [1.54, 1.807) is 0 Å². The molecule has 0 saturated heterocycles. The molecule has 5 heteroatoms. The van der Waals surface area contributed by atoms with Gasteiger partial charge in [-0.3, -0.25) is 4.79 Å². The van der Waals surface area contributed by atoms with E-state index in [0.29, 0.717) is 40.9 Å². The van der Waals surface area contributed by atoms with Crippen LogP contribution >= 0.6 is 0 Å². The Morgan fingerprint density at radius 1 is 1.10 bits per heavy atom. The van der Waals surface area contributed by atoms with Crippen molar-refractivity contribution < 1.29 is 19.8 Å². The molecule has 0 aromatic heterocycles. The van der Waals surface area contributed by atoms with Gasteiger partial charge >= 0.3 is 5.97 Å². The van der Waals surface area contributed by atoms with Gasteiger partial charge in [-0.2, -0.15) is 0 Å².